The molecular formula is C16H14ClN3O2. The summed E-state index contributed by atoms with van der Waals surface area (Å²) in [6.07, 6.45) is 0. The van der Waals surface area contributed by atoms with E-state index in [1.165, 1.54) is 0 Å². The Balaban J connectivity index is 1.77. The smallest absolute Gasteiger partial charge is 0.261 e. The van der Waals surface area contributed by atoms with Gasteiger partial charge in [0.25, 0.3) is 5.89 Å². The molecule has 112 valence electrons. The van der Waals surface area contributed by atoms with Gasteiger partial charge in [0.2, 0.25) is 5.82 Å². The van der Waals surface area contributed by atoms with Crippen molar-refractivity contribution in [2.75, 3.05) is 5.73 Å². The molecule has 0 amide bonds. The van der Waals surface area contributed by atoms with Gasteiger partial charge in [-0.2, -0.15) is 4.98 Å². The Kier molecular flexibility index (Phi) is 3.98. The van der Waals surface area contributed by atoms with Gasteiger partial charge in [0.15, 0.2) is 6.61 Å². The van der Waals surface area contributed by atoms with Crippen molar-refractivity contribution in [2.45, 2.75) is 13.5 Å². The molecule has 1 aromatic heterocycles. The fraction of sp³-hybridized carbons (Fsp3) is 0.125. The zero-order valence-electron chi connectivity index (χ0n) is 11.9. The molecular weight excluding hydrogens is 302 g/mol. The summed E-state index contributed by atoms with van der Waals surface area (Å²) in [6, 6.07) is 13.0. The molecule has 0 spiro atoms. The maximum absolute atomic E-state index is 6.12. The summed E-state index contributed by atoms with van der Waals surface area (Å²) in [5.41, 5.74) is 8.05. The summed E-state index contributed by atoms with van der Waals surface area (Å²) in [6.45, 7) is 2.21. The highest BCUT2D eigenvalue weighted by atomic mass is 35.5. The number of aromatic nitrogens is 2. The van der Waals surface area contributed by atoms with Crippen LogP contribution in [0.25, 0.3) is 11.5 Å². The van der Waals surface area contributed by atoms with Crippen molar-refractivity contribution in [3.8, 4) is 17.2 Å². The van der Waals surface area contributed by atoms with Crippen molar-refractivity contribution < 1.29 is 9.26 Å². The third-order valence-electron chi connectivity index (χ3n) is 3.09. The van der Waals surface area contributed by atoms with E-state index in [0.717, 1.165) is 11.3 Å². The van der Waals surface area contributed by atoms with Gasteiger partial charge < -0.3 is 15.0 Å². The lowest BCUT2D eigenvalue weighted by Crippen LogP contribution is -1.98. The Morgan fingerprint density at radius 1 is 1.23 bits per heavy atom. The van der Waals surface area contributed by atoms with Crippen molar-refractivity contribution in [1.82, 2.24) is 10.1 Å². The van der Waals surface area contributed by atoms with Crippen LogP contribution in [0.5, 0.6) is 5.75 Å². The molecule has 22 heavy (non-hydrogen) atoms. The second-order valence-electron chi connectivity index (χ2n) is 4.83. The third kappa shape index (κ3) is 3.04. The van der Waals surface area contributed by atoms with Crippen LogP contribution in [0.1, 0.15) is 11.4 Å². The molecule has 0 atom stereocenters. The first-order chi connectivity index (χ1) is 10.6. The first-order valence-electron chi connectivity index (χ1n) is 6.70. The van der Waals surface area contributed by atoms with Crippen LogP contribution in [-0.4, -0.2) is 10.1 Å². The van der Waals surface area contributed by atoms with Crippen molar-refractivity contribution in [2.24, 2.45) is 0 Å². The minimum atomic E-state index is 0.206. The van der Waals surface area contributed by atoms with Crippen molar-refractivity contribution >= 4 is 17.3 Å². The largest absolute Gasteiger partial charge is 0.485 e. The number of nitrogens with zero attached hydrogens (tertiary/aromatic N) is 2. The topological polar surface area (TPSA) is 74.2 Å². The summed E-state index contributed by atoms with van der Waals surface area (Å²) in [5, 5.41) is 4.35. The Bertz CT molecular complexity index is 781. The number of nitrogens with two attached hydrogens (primary N) is 1. The van der Waals surface area contributed by atoms with E-state index in [4.69, 9.17) is 26.6 Å². The maximum Gasteiger partial charge on any atom is 0.261 e. The fourth-order valence-corrected chi connectivity index (χ4v) is 2.30. The molecule has 2 aromatic carbocycles. The van der Waals surface area contributed by atoms with Crippen LogP contribution in [0.2, 0.25) is 5.02 Å². The van der Waals surface area contributed by atoms with E-state index in [-0.39, 0.29) is 12.5 Å². The SMILES string of the molecule is Cc1cccc(OCc2noc(-c3c(N)cccc3Cl)n2)c1. The number of anilines is 1. The molecule has 2 N–H and O–H groups in total. The quantitative estimate of drug-likeness (QED) is 0.740. The van der Waals surface area contributed by atoms with E-state index in [1.54, 1.807) is 18.2 Å². The number of nitrogen functional groups attached to an aromatic ring is 1. The second kappa shape index (κ2) is 6.07. The van der Waals surface area contributed by atoms with E-state index >= 15 is 0 Å². The molecule has 3 aromatic rings. The van der Waals surface area contributed by atoms with Crippen molar-refractivity contribution in [3.05, 3.63) is 58.9 Å². The monoisotopic (exact) mass is 315 g/mol. The second-order valence-corrected chi connectivity index (χ2v) is 5.23. The van der Waals surface area contributed by atoms with E-state index in [9.17, 15) is 0 Å². The van der Waals surface area contributed by atoms with Gasteiger partial charge in [-0.05, 0) is 36.8 Å². The van der Waals surface area contributed by atoms with Crippen LogP contribution in [0, 0.1) is 6.92 Å². The predicted octanol–water partition coefficient (Wildman–Crippen LogP) is 3.86. The van der Waals surface area contributed by atoms with E-state index < -0.39 is 0 Å². The van der Waals surface area contributed by atoms with Crippen LogP contribution in [0.3, 0.4) is 0 Å². The average molecular weight is 316 g/mol. The van der Waals surface area contributed by atoms with Gasteiger partial charge in [0.1, 0.15) is 5.75 Å². The normalized spacial score (nSPS) is 10.6. The molecule has 0 saturated heterocycles. The molecule has 0 aliphatic rings. The van der Waals surface area contributed by atoms with Crippen LogP contribution in [0.4, 0.5) is 5.69 Å². The molecule has 0 aliphatic heterocycles. The Morgan fingerprint density at radius 2 is 2.05 bits per heavy atom. The average Bonchev–Trinajstić information content (AvgIpc) is 2.94. The van der Waals surface area contributed by atoms with Gasteiger partial charge in [-0.1, -0.05) is 35.0 Å². The maximum atomic E-state index is 6.12. The number of ether oxygens (including phenoxy) is 1. The van der Waals surface area contributed by atoms with Crippen LogP contribution in [0.15, 0.2) is 47.0 Å². The molecule has 0 saturated carbocycles. The third-order valence-corrected chi connectivity index (χ3v) is 3.40. The summed E-state index contributed by atoms with van der Waals surface area (Å²) >= 11 is 6.12. The van der Waals surface area contributed by atoms with Gasteiger partial charge in [0, 0.05) is 5.69 Å². The minimum Gasteiger partial charge on any atom is -0.485 e. The van der Waals surface area contributed by atoms with Crippen molar-refractivity contribution in [3.63, 3.8) is 0 Å². The van der Waals surface area contributed by atoms with E-state index in [2.05, 4.69) is 10.1 Å². The lowest BCUT2D eigenvalue weighted by Gasteiger charge is -2.03. The molecule has 0 radical (unpaired) electrons. The molecule has 3 rings (SSSR count). The number of aryl methyl sites for hydroxylation is 1. The first-order valence-corrected chi connectivity index (χ1v) is 7.07. The van der Waals surface area contributed by atoms with Gasteiger partial charge in [-0.25, -0.2) is 0 Å². The number of hydrogen-bond acceptors (Lipinski definition) is 5. The highest BCUT2D eigenvalue weighted by molar-refractivity contribution is 6.33. The van der Waals surface area contributed by atoms with Gasteiger partial charge >= 0.3 is 0 Å². The van der Waals surface area contributed by atoms with Crippen LogP contribution >= 0.6 is 11.6 Å². The number of hydrogen-bond donors (Lipinski definition) is 1. The summed E-state index contributed by atoms with van der Waals surface area (Å²) in [7, 11) is 0. The number of benzene rings is 2. The zero-order valence-corrected chi connectivity index (χ0v) is 12.7. The number of rotatable bonds is 4. The molecule has 5 nitrogen and oxygen atoms in total. The van der Waals surface area contributed by atoms with Gasteiger partial charge in [0.05, 0.1) is 10.6 Å². The lowest BCUT2D eigenvalue weighted by molar-refractivity contribution is 0.287. The molecule has 0 fully saturated rings. The molecule has 1 heterocycles. The fourth-order valence-electron chi connectivity index (χ4n) is 2.03. The number of halogens is 1. The molecule has 0 aliphatic carbocycles. The Labute approximate surface area is 132 Å². The van der Waals surface area contributed by atoms with Crippen LogP contribution in [-0.2, 0) is 6.61 Å². The molecule has 0 bridgehead atoms. The van der Waals surface area contributed by atoms with Crippen molar-refractivity contribution in [1.29, 1.82) is 0 Å². The first kappa shape index (κ1) is 14.4. The minimum absolute atomic E-state index is 0.206. The molecule has 6 heteroatoms. The standard InChI is InChI=1S/C16H14ClN3O2/c1-10-4-2-5-11(8-10)21-9-14-19-16(22-20-14)15-12(17)6-3-7-13(15)18/h2-8H,9,18H2,1H3. The highest BCUT2D eigenvalue weighted by Crippen LogP contribution is 2.31. The highest BCUT2D eigenvalue weighted by Gasteiger charge is 2.15. The van der Waals surface area contributed by atoms with Gasteiger partial charge in [-0.3, -0.25) is 0 Å². The Hall–Kier alpha value is -2.53. The summed E-state index contributed by atoms with van der Waals surface area (Å²) in [4.78, 5) is 4.27. The van der Waals surface area contributed by atoms with Gasteiger partial charge in [-0.15, -0.1) is 0 Å². The van der Waals surface area contributed by atoms with Crippen LogP contribution < -0.4 is 10.5 Å². The van der Waals surface area contributed by atoms with E-state index in [1.807, 2.05) is 31.2 Å². The van der Waals surface area contributed by atoms with E-state index in [0.29, 0.717) is 22.1 Å². The predicted molar refractivity (Wildman–Crippen MR) is 84.7 cm³/mol. The summed E-state index contributed by atoms with van der Waals surface area (Å²) < 4.78 is 10.9. The Morgan fingerprint density at radius 3 is 2.82 bits per heavy atom. The summed E-state index contributed by atoms with van der Waals surface area (Å²) in [5.74, 6) is 1.46. The zero-order chi connectivity index (χ0) is 15.5. The molecule has 0 unspecified atom stereocenters. The lowest BCUT2D eigenvalue weighted by atomic mass is 10.2.